The summed E-state index contributed by atoms with van der Waals surface area (Å²) in [5.41, 5.74) is 5.54. The van der Waals surface area contributed by atoms with Crippen molar-refractivity contribution in [3.63, 3.8) is 0 Å². The first kappa shape index (κ1) is 17.0. The van der Waals surface area contributed by atoms with Gasteiger partial charge in [0.15, 0.2) is 0 Å². The van der Waals surface area contributed by atoms with E-state index in [0.717, 1.165) is 34.8 Å². The SMILES string of the molecule is Cc1csc(NN=Cc2ccc(F)cc2COC2CCCCC2)n1. The zero-order valence-corrected chi connectivity index (χ0v) is 14.6. The number of rotatable bonds is 6. The van der Waals surface area contributed by atoms with Gasteiger partial charge in [0.1, 0.15) is 5.82 Å². The van der Waals surface area contributed by atoms with Gasteiger partial charge in [0, 0.05) is 10.9 Å². The van der Waals surface area contributed by atoms with E-state index < -0.39 is 0 Å². The molecule has 4 nitrogen and oxygen atoms in total. The molecule has 1 fully saturated rings. The molecule has 0 radical (unpaired) electrons. The second kappa shape index (κ2) is 8.35. The summed E-state index contributed by atoms with van der Waals surface area (Å²) < 4.78 is 19.6. The molecule has 6 heteroatoms. The zero-order chi connectivity index (χ0) is 16.8. The number of hydrogen-bond donors (Lipinski definition) is 1. The van der Waals surface area contributed by atoms with Crippen molar-refractivity contribution in [2.75, 3.05) is 5.43 Å². The Morgan fingerprint density at radius 1 is 1.38 bits per heavy atom. The van der Waals surface area contributed by atoms with Crippen molar-refractivity contribution < 1.29 is 9.13 Å². The molecule has 128 valence electrons. The number of benzene rings is 1. The Labute approximate surface area is 145 Å². The minimum atomic E-state index is -0.252. The van der Waals surface area contributed by atoms with Crippen molar-refractivity contribution in [1.82, 2.24) is 4.98 Å². The molecule has 0 amide bonds. The van der Waals surface area contributed by atoms with Crippen LogP contribution in [0.5, 0.6) is 0 Å². The van der Waals surface area contributed by atoms with Gasteiger partial charge in [-0.3, -0.25) is 5.43 Å². The fourth-order valence-electron chi connectivity index (χ4n) is 2.83. The second-order valence-electron chi connectivity index (χ2n) is 6.08. The summed E-state index contributed by atoms with van der Waals surface area (Å²) in [6.07, 6.45) is 7.92. The third-order valence-electron chi connectivity index (χ3n) is 4.11. The van der Waals surface area contributed by atoms with Crippen molar-refractivity contribution >= 4 is 22.7 Å². The van der Waals surface area contributed by atoms with Gasteiger partial charge in [0.2, 0.25) is 5.13 Å². The van der Waals surface area contributed by atoms with Gasteiger partial charge in [0.05, 0.1) is 24.6 Å². The van der Waals surface area contributed by atoms with Crippen LogP contribution in [0.4, 0.5) is 9.52 Å². The minimum absolute atomic E-state index is 0.252. The van der Waals surface area contributed by atoms with E-state index in [0.29, 0.717) is 12.7 Å². The van der Waals surface area contributed by atoms with Crippen molar-refractivity contribution in [2.24, 2.45) is 5.10 Å². The molecule has 2 aromatic rings. The lowest BCUT2D eigenvalue weighted by Crippen LogP contribution is -2.16. The minimum Gasteiger partial charge on any atom is -0.374 e. The molecule has 1 aromatic heterocycles. The van der Waals surface area contributed by atoms with E-state index in [1.165, 1.54) is 42.7 Å². The van der Waals surface area contributed by atoms with Crippen LogP contribution in [0.3, 0.4) is 0 Å². The molecule has 3 rings (SSSR count). The average molecular weight is 347 g/mol. The molecule has 1 aliphatic carbocycles. The van der Waals surface area contributed by atoms with Gasteiger partial charge < -0.3 is 4.74 Å². The standard InChI is InChI=1S/C18H22FN3OS/c1-13-12-24-18(21-13)22-20-10-14-7-8-16(19)9-15(14)11-23-17-5-3-2-4-6-17/h7-10,12,17H,2-6,11H2,1H3,(H,21,22). The first-order valence-corrected chi connectivity index (χ1v) is 9.20. The highest BCUT2D eigenvalue weighted by atomic mass is 32.1. The van der Waals surface area contributed by atoms with Crippen LogP contribution in [-0.2, 0) is 11.3 Å². The van der Waals surface area contributed by atoms with E-state index >= 15 is 0 Å². The highest BCUT2D eigenvalue weighted by Crippen LogP contribution is 2.22. The first-order chi connectivity index (χ1) is 11.7. The molecule has 0 aliphatic heterocycles. The van der Waals surface area contributed by atoms with Crippen LogP contribution in [0.15, 0.2) is 28.7 Å². The number of aryl methyl sites for hydroxylation is 1. The van der Waals surface area contributed by atoms with E-state index in [9.17, 15) is 4.39 Å². The first-order valence-electron chi connectivity index (χ1n) is 8.32. The largest absolute Gasteiger partial charge is 0.374 e. The fourth-order valence-corrected chi connectivity index (χ4v) is 3.46. The maximum Gasteiger partial charge on any atom is 0.203 e. The van der Waals surface area contributed by atoms with Crippen molar-refractivity contribution in [1.29, 1.82) is 0 Å². The molecule has 1 N–H and O–H groups in total. The smallest absolute Gasteiger partial charge is 0.203 e. The van der Waals surface area contributed by atoms with Gasteiger partial charge in [-0.1, -0.05) is 25.3 Å². The number of nitrogens with one attached hydrogen (secondary N) is 1. The number of hydrogen-bond acceptors (Lipinski definition) is 5. The maximum atomic E-state index is 13.6. The quantitative estimate of drug-likeness (QED) is 0.598. The lowest BCUT2D eigenvalue weighted by Gasteiger charge is -2.22. The Morgan fingerprint density at radius 3 is 2.96 bits per heavy atom. The van der Waals surface area contributed by atoms with Gasteiger partial charge in [0.25, 0.3) is 0 Å². The Morgan fingerprint density at radius 2 is 2.21 bits per heavy atom. The Kier molecular flexibility index (Phi) is 5.93. The zero-order valence-electron chi connectivity index (χ0n) is 13.8. The van der Waals surface area contributed by atoms with Gasteiger partial charge in [-0.05, 0) is 37.5 Å². The summed E-state index contributed by atoms with van der Waals surface area (Å²) in [5, 5.41) is 6.90. The number of halogens is 1. The molecule has 1 aliphatic rings. The topological polar surface area (TPSA) is 46.5 Å². The molecule has 0 unspecified atom stereocenters. The summed E-state index contributed by atoms with van der Waals surface area (Å²) in [7, 11) is 0. The fraction of sp³-hybridized carbons (Fsp3) is 0.444. The number of hydrazone groups is 1. The summed E-state index contributed by atoms with van der Waals surface area (Å²) in [4.78, 5) is 4.28. The number of ether oxygens (including phenoxy) is 1. The van der Waals surface area contributed by atoms with Crippen LogP contribution in [0.2, 0.25) is 0 Å². The predicted octanol–water partition coefficient (Wildman–Crippen LogP) is 4.89. The van der Waals surface area contributed by atoms with E-state index in [-0.39, 0.29) is 5.82 Å². The average Bonchev–Trinajstić information content (AvgIpc) is 3.01. The third-order valence-corrected chi connectivity index (χ3v) is 4.98. The maximum absolute atomic E-state index is 13.6. The van der Waals surface area contributed by atoms with Crippen molar-refractivity contribution in [3.8, 4) is 0 Å². The van der Waals surface area contributed by atoms with Crippen molar-refractivity contribution in [3.05, 3.63) is 46.2 Å². The van der Waals surface area contributed by atoms with Crippen LogP contribution in [-0.4, -0.2) is 17.3 Å². The summed E-state index contributed by atoms with van der Waals surface area (Å²) in [6, 6.07) is 4.70. The number of aromatic nitrogens is 1. The van der Waals surface area contributed by atoms with Crippen LogP contribution in [0, 0.1) is 12.7 Å². The van der Waals surface area contributed by atoms with E-state index in [1.807, 2.05) is 12.3 Å². The van der Waals surface area contributed by atoms with Gasteiger partial charge in [-0.2, -0.15) is 5.10 Å². The van der Waals surface area contributed by atoms with Crippen LogP contribution < -0.4 is 5.43 Å². The molecule has 0 spiro atoms. The van der Waals surface area contributed by atoms with Crippen LogP contribution in [0.1, 0.15) is 48.9 Å². The molecular weight excluding hydrogens is 325 g/mol. The normalized spacial score (nSPS) is 15.9. The Balaban J connectivity index is 1.63. The Hall–Kier alpha value is -1.79. The van der Waals surface area contributed by atoms with Gasteiger partial charge in [-0.25, -0.2) is 9.37 Å². The summed E-state index contributed by atoms with van der Waals surface area (Å²) in [5.74, 6) is -0.252. The summed E-state index contributed by atoms with van der Waals surface area (Å²) >= 11 is 1.50. The van der Waals surface area contributed by atoms with Crippen molar-refractivity contribution in [2.45, 2.75) is 51.7 Å². The predicted molar refractivity (Wildman–Crippen MR) is 96.1 cm³/mol. The van der Waals surface area contributed by atoms with Gasteiger partial charge in [-0.15, -0.1) is 11.3 Å². The number of thiazole rings is 1. The van der Waals surface area contributed by atoms with E-state index in [2.05, 4.69) is 15.5 Å². The third kappa shape index (κ3) is 4.85. The Bertz CT molecular complexity index is 695. The second-order valence-corrected chi connectivity index (χ2v) is 6.94. The number of nitrogens with zero attached hydrogens (tertiary/aromatic N) is 2. The van der Waals surface area contributed by atoms with E-state index in [1.54, 1.807) is 12.3 Å². The summed E-state index contributed by atoms with van der Waals surface area (Å²) in [6.45, 7) is 2.35. The monoisotopic (exact) mass is 347 g/mol. The number of anilines is 1. The molecular formula is C18H22FN3OS. The lowest BCUT2D eigenvalue weighted by molar-refractivity contribution is 0.0167. The molecule has 0 bridgehead atoms. The van der Waals surface area contributed by atoms with Crippen LogP contribution in [0.25, 0.3) is 0 Å². The van der Waals surface area contributed by atoms with E-state index in [4.69, 9.17) is 4.74 Å². The van der Waals surface area contributed by atoms with Crippen LogP contribution >= 0.6 is 11.3 Å². The molecule has 0 saturated heterocycles. The molecule has 0 atom stereocenters. The lowest BCUT2D eigenvalue weighted by atomic mass is 9.98. The highest BCUT2D eigenvalue weighted by molar-refractivity contribution is 7.13. The van der Waals surface area contributed by atoms with Gasteiger partial charge >= 0.3 is 0 Å². The molecule has 24 heavy (non-hydrogen) atoms. The highest BCUT2D eigenvalue weighted by Gasteiger charge is 2.14. The molecule has 1 heterocycles. The molecule has 1 saturated carbocycles. The molecule has 1 aromatic carbocycles.